The molecule has 6 rings (SSSR count). The van der Waals surface area contributed by atoms with Gasteiger partial charge in [-0.15, -0.1) is 0 Å². The van der Waals surface area contributed by atoms with Gasteiger partial charge in [0, 0.05) is 30.8 Å². The number of rotatable bonds is 4. The second kappa shape index (κ2) is 8.62. The number of hydrogen-bond donors (Lipinski definition) is 2. The number of benzene rings is 1. The summed E-state index contributed by atoms with van der Waals surface area (Å²) in [5.41, 5.74) is 2.87. The molecule has 1 saturated heterocycles. The lowest BCUT2D eigenvalue weighted by atomic mass is 9.84. The monoisotopic (exact) mass is 493 g/mol. The number of anilines is 2. The highest BCUT2D eigenvalue weighted by Gasteiger charge is 2.30. The molecule has 0 amide bonds. The van der Waals surface area contributed by atoms with Crippen molar-refractivity contribution in [3.05, 3.63) is 41.8 Å². The molecule has 36 heavy (non-hydrogen) atoms. The van der Waals surface area contributed by atoms with Crippen molar-refractivity contribution >= 4 is 28.3 Å². The zero-order valence-corrected chi connectivity index (χ0v) is 20.4. The third kappa shape index (κ3) is 4.34. The van der Waals surface area contributed by atoms with Gasteiger partial charge in [-0.2, -0.15) is 9.61 Å². The molecule has 2 aliphatic rings. The molecule has 1 aliphatic heterocycles. The van der Waals surface area contributed by atoms with Crippen LogP contribution in [0.1, 0.15) is 44.7 Å². The molecule has 4 heterocycles. The molecule has 4 aromatic rings. The molecule has 3 aromatic heterocycles. The number of fused-ring (bicyclic) bond motifs is 2. The molecular formula is C26H29F2N7O. The van der Waals surface area contributed by atoms with Gasteiger partial charge in [-0.3, -0.25) is 0 Å². The second-order valence-corrected chi connectivity index (χ2v) is 10.3. The molecule has 10 heteroatoms. The maximum absolute atomic E-state index is 14.0. The van der Waals surface area contributed by atoms with E-state index < -0.39 is 11.8 Å². The van der Waals surface area contributed by atoms with Crippen LogP contribution in [0.25, 0.3) is 28.1 Å². The Balaban J connectivity index is 1.42. The Morgan fingerprint density at radius 2 is 1.86 bits per heavy atom. The Labute approximate surface area is 207 Å². The van der Waals surface area contributed by atoms with Crippen molar-refractivity contribution in [3.8, 4) is 11.4 Å². The van der Waals surface area contributed by atoms with E-state index in [2.05, 4.69) is 15.3 Å². The first-order valence-corrected chi connectivity index (χ1v) is 12.5. The maximum atomic E-state index is 14.0. The average Bonchev–Trinajstić information content (AvgIpc) is 3.46. The quantitative estimate of drug-likeness (QED) is 0.434. The number of aryl methyl sites for hydroxylation is 1. The zero-order valence-electron chi connectivity index (χ0n) is 20.4. The summed E-state index contributed by atoms with van der Waals surface area (Å²) in [5, 5.41) is 18.8. The van der Waals surface area contributed by atoms with Gasteiger partial charge in [0.15, 0.2) is 5.65 Å². The summed E-state index contributed by atoms with van der Waals surface area (Å²) in [4.78, 5) is 16.0. The normalized spacial score (nSPS) is 24.6. The second-order valence-electron chi connectivity index (χ2n) is 10.3. The fourth-order valence-electron chi connectivity index (χ4n) is 5.22. The molecule has 0 radical (unpaired) electrons. The van der Waals surface area contributed by atoms with E-state index in [1.165, 1.54) is 12.1 Å². The molecule has 2 N–H and O–H groups in total. The molecule has 0 unspecified atom stereocenters. The molecule has 2 fully saturated rings. The first kappa shape index (κ1) is 23.0. The molecule has 1 aliphatic carbocycles. The molecule has 0 bridgehead atoms. The summed E-state index contributed by atoms with van der Waals surface area (Å²) in [6, 6.07) is 8.28. The smallest absolute Gasteiger partial charge is 0.160 e. The lowest BCUT2D eigenvalue weighted by molar-refractivity contribution is 0.0196. The predicted molar refractivity (Wildman–Crippen MR) is 134 cm³/mol. The largest absolute Gasteiger partial charge is 0.390 e. The summed E-state index contributed by atoms with van der Waals surface area (Å²) in [5.74, 6) is 1.08. The van der Waals surface area contributed by atoms with Gasteiger partial charge in [-0.25, -0.2) is 23.7 Å². The van der Waals surface area contributed by atoms with Crippen LogP contribution in [0.15, 0.2) is 30.3 Å². The van der Waals surface area contributed by atoms with Crippen molar-refractivity contribution < 1.29 is 13.9 Å². The van der Waals surface area contributed by atoms with Crippen LogP contribution in [0.2, 0.25) is 0 Å². The summed E-state index contributed by atoms with van der Waals surface area (Å²) < 4.78 is 29.5. The lowest BCUT2D eigenvalue weighted by Crippen LogP contribution is -2.36. The predicted octanol–water partition coefficient (Wildman–Crippen LogP) is 4.44. The Morgan fingerprint density at radius 3 is 2.61 bits per heavy atom. The van der Waals surface area contributed by atoms with Gasteiger partial charge in [0.05, 0.1) is 28.9 Å². The van der Waals surface area contributed by atoms with Crippen molar-refractivity contribution in [1.82, 2.24) is 24.6 Å². The third-order valence-corrected chi connectivity index (χ3v) is 7.33. The highest BCUT2D eigenvalue weighted by molar-refractivity contribution is 5.78. The minimum atomic E-state index is -0.864. The van der Waals surface area contributed by atoms with Crippen molar-refractivity contribution in [1.29, 1.82) is 0 Å². The fraction of sp³-hybridized carbons (Fsp3) is 0.462. The summed E-state index contributed by atoms with van der Waals surface area (Å²) in [7, 11) is 0. The Hall–Kier alpha value is -3.40. The van der Waals surface area contributed by atoms with Gasteiger partial charge in [0.1, 0.15) is 35.0 Å². The van der Waals surface area contributed by atoms with E-state index in [4.69, 9.17) is 10.1 Å². The van der Waals surface area contributed by atoms with Crippen LogP contribution in [0.4, 0.5) is 20.4 Å². The van der Waals surface area contributed by atoms with E-state index >= 15 is 0 Å². The van der Waals surface area contributed by atoms with Gasteiger partial charge in [-0.1, -0.05) is 0 Å². The molecule has 188 valence electrons. The maximum Gasteiger partial charge on any atom is 0.160 e. The number of halogens is 2. The zero-order chi connectivity index (χ0) is 25.0. The van der Waals surface area contributed by atoms with E-state index in [-0.39, 0.29) is 11.9 Å². The van der Waals surface area contributed by atoms with E-state index in [0.717, 1.165) is 18.7 Å². The van der Waals surface area contributed by atoms with Crippen molar-refractivity contribution in [2.45, 2.75) is 63.8 Å². The van der Waals surface area contributed by atoms with Crippen LogP contribution in [-0.2, 0) is 0 Å². The van der Waals surface area contributed by atoms with Gasteiger partial charge in [0.2, 0.25) is 0 Å². The number of alkyl halides is 1. The van der Waals surface area contributed by atoms with Gasteiger partial charge in [-0.05, 0) is 58.1 Å². The SMILES string of the molecule is Cc1nc2ccc(F)cc2nc1-c1cc2nc(N3CC[C@@H](F)C3)cc(N[C@H]3CC[C@@](C)(O)CC3)n2n1. The molecule has 1 saturated carbocycles. The molecular weight excluding hydrogens is 464 g/mol. The highest BCUT2D eigenvalue weighted by atomic mass is 19.1. The number of nitrogens with one attached hydrogen (secondary N) is 1. The van der Waals surface area contributed by atoms with Crippen LogP contribution in [0, 0.1) is 12.7 Å². The highest BCUT2D eigenvalue weighted by Crippen LogP contribution is 2.32. The first-order valence-electron chi connectivity index (χ1n) is 12.5. The Morgan fingerprint density at radius 1 is 1.06 bits per heavy atom. The Bertz CT molecular complexity index is 1440. The van der Waals surface area contributed by atoms with Crippen LogP contribution in [0.3, 0.4) is 0 Å². The van der Waals surface area contributed by atoms with E-state index in [0.29, 0.717) is 71.9 Å². The Kier molecular flexibility index (Phi) is 5.51. The van der Waals surface area contributed by atoms with Crippen molar-refractivity contribution in [3.63, 3.8) is 0 Å². The number of aromatic nitrogens is 5. The fourth-order valence-corrected chi connectivity index (χ4v) is 5.22. The molecule has 1 atom stereocenters. The number of nitrogens with zero attached hydrogens (tertiary/aromatic N) is 6. The van der Waals surface area contributed by atoms with Gasteiger partial charge >= 0.3 is 0 Å². The minimum Gasteiger partial charge on any atom is -0.390 e. The third-order valence-electron chi connectivity index (χ3n) is 7.33. The minimum absolute atomic E-state index is 0.175. The lowest BCUT2D eigenvalue weighted by Gasteiger charge is -2.34. The first-order chi connectivity index (χ1) is 17.2. The van der Waals surface area contributed by atoms with Gasteiger partial charge in [0.25, 0.3) is 0 Å². The van der Waals surface area contributed by atoms with Crippen LogP contribution >= 0.6 is 0 Å². The molecule has 0 spiro atoms. The van der Waals surface area contributed by atoms with E-state index in [1.54, 1.807) is 10.6 Å². The average molecular weight is 494 g/mol. The van der Waals surface area contributed by atoms with Crippen LogP contribution < -0.4 is 10.2 Å². The van der Waals surface area contributed by atoms with Gasteiger partial charge < -0.3 is 15.3 Å². The number of hydrogen-bond acceptors (Lipinski definition) is 7. The standard InChI is InChI=1S/C26H29F2N7O/c1-15-25(31-20-11-16(27)3-4-19(20)29-15)21-12-23-32-22(34-10-7-17(28)14-34)13-24(35(23)33-21)30-18-5-8-26(2,36)9-6-18/h3-4,11-13,17-18,30,36H,5-10,14H2,1-2H3/t17-,18-,26+/m1/s1. The van der Waals surface area contributed by atoms with Crippen molar-refractivity contribution in [2.75, 3.05) is 23.3 Å². The van der Waals surface area contributed by atoms with Crippen LogP contribution in [-0.4, -0.2) is 60.6 Å². The number of aliphatic hydroxyl groups is 1. The summed E-state index contributed by atoms with van der Waals surface area (Å²) >= 11 is 0. The van der Waals surface area contributed by atoms with E-state index in [9.17, 15) is 13.9 Å². The van der Waals surface area contributed by atoms with Crippen molar-refractivity contribution in [2.24, 2.45) is 0 Å². The summed E-state index contributed by atoms with van der Waals surface area (Å²) in [6.45, 7) is 4.66. The van der Waals surface area contributed by atoms with E-state index in [1.807, 2.05) is 30.9 Å². The molecule has 1 aromatic carbocycles. The van der Waals surface area contributed by atoms with Crippen LogP contribution in [0.5, 0.6) is 0 Å². The topological polar surface area (TPSA) is 91.5 Å². The summed E-state index contributed by atoms with van der Waals surface area (Å²) in [6.07, 6.45) is 2.72. The molecule has 8 nitrogen and oxygen atoms in total.